The standard InChI is InChI=1S/C28H37N3O4/c1-27(2,3)35-26(33)29-18-15-28(16-19-29)25(32)30(22-31(28)24-13-8-5-9-14-24)17-10-20-34-21-23-11-6-4-7-12-23/h4-9,11-14H,10,15-22H2,1-3H3. The van der Waals surface area contributed by atoms with Crippen LogP contribution in [0.5, 0.6) is 0 Å². The van der Waals surface area contributed by atoms with Crippen LogP contribution in [0.4, 0.5) is 10.5 Å². The quantitative estimate of drug-likeness (QED) is 0.540. The summed E-state index contributed by atoms with van der Waals surface area (Å²) in [5.41, 5.74) is 1.01. The molecule has 2 aliphatic heterocycles. The van der Waals surface area contributed by atoms with Gasteiger partial charge in [0.05, 0.1) is 13.3 Å². The van der Waals surface area contributed by atoms with Gasteiger partial charge in [0.1, 0.15) is 11.1 Å². The average molecular weight is 480 g/mol. The molecular weight excluding hydrogens is 442 g/mol. The van der Waals surface area contributed by atoms with Gasteiger partial charge in [-0.1, -0.05) is 48.5 Å². The first-order valence-electron chi connectivity index (χ1n) is 12.5. The highest BCUT2D eigenvalue weighted by molar-refractivity contribution is 5.93. The van der Waals surface area contributed by atoms with Gasteiger partial charge in [0.2, 0.25) is 5.91 Å². The molecule has 2 fully saturated rings. The zero-order chi connectivity index (χ0) is 24.9. The topological polar surface area (TPSA) is 62.3 Å². The van der Waals surface area contributed by atoms with E-state index >= 15 is 0 Å². The van der Waals surface area contributed by atoms with Crippen molar-refractivity contribution in [2.75, 3.05) is 37.8 Å². The SMILES string of the molecule is CC(C)(C)OC(=O)N1CCC2(CC1)C(=O)N(CCCOCc1ccccc1)CN2c1ccccc1. The first kappa shape index (κ1) is 25.0. The van der Waals surface area contributed by atoms with Crippen LogP contribution >= 0.6 is 0 Å². The second kappa shape index (κ2) is 10.7. The predicted octanol–water partition coefficient (Wildman–Crippen LogP) is 4.67. The number of anilines is 1. The van der Waals surface area contributed by atoms with Crippen molar-refractivity contribution >= 4 is 17.7 Å². The summed E-state index contributed by atoms with van der Waals surface area (Å²) in [5, 5.41) is 0. The van der Waals surface area contributed by atoms with Gasteiger partial charge in [-0.25, -0.2) is 4.79 Å². The Kier molecular flexibility index (Phi) is 7.65. The molecule has 2 amide bonds. The molecule has 0 radical (unpaired) electrons. The van der Waals surface area contributed by atoms with E-state index < -0.39 is 11.1 Å². The Balaban J connectivity index is 1.39. The molecule has 2 saturated heterocycles. The summed E-state index contributed by atoms with van der Waals surface area (Å²) in [4.78, 5) is 32.3. The molecule has 0 unspecified atom stereocenters. The normalized spacial score (nSPS) is 17.8. The van der Waals surface area contributed by atoms with Crippen molar-refractivity contribution in [2.45, 2.75) is 57.8 Å². The number of nitrogens with zero attached hydrogens (tertiary/aromatic N) is 3. The van der Waals surface area contributed by atoms with Crippen LogP contribution < -0.4 is 4.90 Å². The summed E-state index contributed by atoms with van der Waals surface area (Å²) in [5.74, 6) is 0.147. The predicted molar refractivity (Wildman–Crippen MR) is 136 cm³/mol. The van der Waals surface area contributed by atoms with Crippen LogP contribution in [0.2, 0.25) is 0 Å². The number of benzene rings is 2. The lowest BCUT2D eigenvalue weighted by Crippen LogP contribution is -2.57. The van der Waals surface area contributed by atoms with Gasteiger partial charge in [-0.3, -0.25) is 4.79 Å². The molecular formula is C28H37N3O4. The summed E-state index contributed by atoms with van der Waals surface area (Å²) in [6.07, 6.45) is 1.64. The molecule has 1 spiro atoms. The van der Waals surface area contributed by atoms with Crippen LogP contribution in [0.3, 0.4) is 0 Å². The minimum atomic E-state index is -0.634. The molecule has 7 heteroatoms. The maximum atomic E-state index is 13.8. The fourth-order valence-electron chi connectivity index (χ4n) is 4.88. The molecule has 35 heavy (non-hydrogen) atoms. The highest BCUT2D eigenvalue weighted by Gasteiger charge is 2.54. The largest absolute Gasteiger partial charge is 0.444 e. The Morgan fingerprint density at radius 1 is 0.971 bits per heavy atom. The number of amides is 2. The fourth-order valence-corrected chi connectivity index (χ4v) is 4.88. The van der Waals surface area contributed by atoms with Crippen molar-refractivity contribution in [3.05, 3.63) is 66.2 Å². The maximum Gasteiger partial charge on any atom is 0.410 e. The monoisotopic (exact) mass is 479 g/mol. The number of carbonyl (C=O) groups excluding carboxylic acids is 2. The van der Waals surface area contributed by atoms with Gasteiger partial charge in [-0.05, 0) is 57.7 Å². The third-order valence-corrected chi connectivity index (χ3v) is 6.65. The zero-order valence-electron chi connectivity index (χ0n) is 21.1. The molecule has 0 aromatic heterocycles. The summed E-state index contributed by atoms with van der Waals surface area (Å²) in [6, 6.07) is 20.2. The Morgan fingerprint density at radius 2 is 1.60 bits per heavy atom. The third kappa shape index (κ3) is 5.96. The number of hydrogen-bond donors (Lipinski definition) is 0. The van der Waals surface area contributed by atoms with Crippen molar-refractivity contribution in [1.29, 1.82) is 0 Å². The Labute approximate surface area is 208 Å². The number of para-hydroxylation sites is 1. The molecule has 2 heterocycles. The van der Waals surface area contributed by atoms with Crippen LogP contribution in [-0.2, 0) is 20.9 Å². The highest BCUT2D eigenvalue weighted by atomic mass is 16.6. The van der Waals surface area contributed by atoms with E-state index in [0.717, 1.165) is 17.7 Å². The van der Waals surface area contributed by atoms with Crippen molar-refractivity contribution in [1.82, 2.24) is 9.80 Å². The molecule has 0 N–H and O–H groups in total. The highest BCUT2D eigenvalue weighted by Crippen LogP contribution is 2.39. The first-order chi connectivity index (χ1) is 16.8. The zero-order valence-corrected chi connectivity index (χ0v) is 21.1. The van der Waals surface area contributed by atoms with Crippen LogP contribution in [0.25, 0.3) is 0 Å². The van der Waals surface area contributed by atoms with Crippen molar-refractivity contribution in [2.24, 2.45) is 0 Å². The van der Waals surface area contributed by atoms with Gasteiger partial charge in [-0.15, -0.1) is 0 Å². The minimum absolute atomic E-state index is 0.147. The van der Waals surface area contributed by atoms with E-state index in [9.17, 15) is 9.59 Å². The van der Waals surface area contributed by atoms with E-state index in [1.807, 2.05) is 62.1 Å². The number of hydrogen-bond acceptors (Lipinski definition) is 5. The van der Waals surface area contributed by atoms with Gasteiger partial charge >= 0.3 is 6.09 Å². The van der Waals surface area contributed by atoms with E-state index in [1.165, 1.54) is 0 Å². The van der Waals surface area contributed by atoms with Gasteiger partial charge < -0.3 is 24.2 Å². The van der Waals surface area contributed by atoms with E-state index in [-0.39, 0.29) is 12.0 Å². The van der Waals surface area contributed by atoms with Crippen molar-refractivity contribution in [3.63, 3.8) is 0 Å². The molecule has 2 aromatic carbocycles. The summed E-state index contributed by atoms with van der Waals surface area (Å²) in [6.45, 7) is 8.98. The molecule has 0 aliphatic carbocycles. The molecule has 0 atom stereocenters. The molecule has 0 saturated carbocycles. The molecule has 188 valence electrons. The fraction of sp³-hybridized carbons (Fsp3) is 0.500. The molecule has 2 aromatic rings. The van der Waals surface area contributed by atoms with Gasteiger partial charge in [-0.2, -0.15) is 0 Å². The lowest BCUT2D eigenvalue weighted by molar-refractivity contribution is -0.133. The Morgan fingerprint density at radius 3 is 2.23 bits per heavy atom. The number of likely N-dealkylation sites (tertiary alicyclic amines) is 1. The number of rotatable bonds is 7. The number of piperidine rings is 1. The Hall–Kier alpha value is -3.06. The molecule has 0 bridgehead atoms. The van der Waals surface area contributed by atoms with E-state index in [2.05, 4.69) is 29.2 Å². The lowest BCUT2D eigenvalue weighted by Gasteiger charge is -2.43. The average Bonchev–Trinajstić information content (AvgIpc) is 3.10. The smallest absolute Gasteiger partial charge is 0.410 e. The minimum Gasteiger partial charge on any atom is -0.444 e. The maximum absolute atomic E-state index is 13.8. The number of ether oxygens (including phenoxy) is 2. The second-order valence-corrected chi connectivity index (χ2v) is 10.4. The van der Waals surface area contributed by atoms with Gasteiger partial charge in [0.25, 0.3) is 0 Å². The van der Waals surface area contributed by atoms with Crippen molar-refractivity contribution in [3.8, 4) is 0 Å². The molecule has 7 nitrogen and oxygen atoms in total. The third-order valence-electron chi connectivity index (χ3n) is 6.65. The summed E-state index contributed by atoms with van der Waals surface area (Å²) in [7, 11) is 0. The van der Waals surface area contributed by atoms with Gasteiger partial charge in [0, 0.05) is 31.9 Å². The summed E-state index contributed by atoms with van der Waals surface area (Å²) < 4.78 is 11.4. The van der Waals surface area contributed by atoms with Crippen LogP contribution in [0.15, 0.2) is 60.7 Å². The van der Waals surface area contributed by atoms with E-state index in [0.29, 0.717) is 52.4 Å². The molecule has 4 rings (SSSR count). The van der Waals surface area contributed by atoms with Crippen LogP contribution in [0, 0.1) is 0 Å². The van der Waals surface area contributed by atoms with Crippen LogP contribution in [0.1, 0.15) is 45.6 Å². The summed E-state index contributed by atoms with van der Waals surface area (Å²) >= 11 is 0. The lowest BCUT2D eigenvalue weighted by atomic mass is 9.85. The van der Waals surface area contributed by atoms with E-state index in [4.69, 9.17) is 9.47 Å². The van der Waals surface area contributed by atoms with Crippen LogP contribution in [-0.4, -0.2) is 65.9 Å². The van der Waals surface area contributed by atoms with Crippen molar-refractivity contribution < 1.29 is 19.1 Å². The van der Waals surface area contributed by atoms with Gasteiger partial charge in [0.15, 0.2) is 0 Å². The van der Waals surface area contributed by atoms with E-state index in [1.54, 1.807) is 4.90 Å². The number of carbonyl (C=O) groups is 2. The first-order valence-corrected chi connectivity index (χ1v) is 12.5. The second-order valence-electron chi connectivity index (χ2n) is 10.4. The Bertz CT molecular complexity index is 982. The molecule has 2 aliphatic rings.